The summed E-state index contributed by atoms with van der Waals surface area (Å²) in [6.45, 7) is 4.05. The molecule has 0 saturated heterocycles. The Morgan fingerprint density at radius 1 is 0.941 bits per heavy atom. The van der Waals surface area contributed by atoms with Gasteiger partial charge in [0.1, 0.15) is 0 Å². The molecule has 0 unspecified atom stereocenters. The van der Waals surface area contributed by atoms with E-state index in [1.54, 1.807) is 11.8 Å². The molecule has 2 aromatic carbocycles. The maximum absolute atomic E-state index is 8.87. The van der Waals surface area contributed by atoms with Gasteiger partial charge in [-0.2, -0.15) is 5.26 Å². The topological polar surface area (TPSA) is 23.8 Å². The predicted molar refractivity (Wildman–Crippen MR) is 71.2 cm³/mol. The first-order chi connectivity index (χ1) is 8.19. The first-order valence-corrected chi connectivity index (χ1v) is 6.26. The van der Waals surface area contributed by atoms with Crippen molar-refractivity contribution >= 4 is 11.8 Å². The highest BCUT2D eigenvalue weighted by molar-refractivity contribution is 7.99. The van der Waals surface area contributed by atoms with Crippen LogP contribution in [0.25, 0.3) is 0 Å². The van der Waals surface area contributed by atoms with Crippen molar-refractivity contribution in [3.8, 4) is 6.07 Å². The Morgan fingerprint density at radius 3 is 2.18 bits per heavy atom. The Kier molecular flexibility index (Phi) is 3.51. The number of hydrogen-bond acceptors (Lipinski definition) is 2. The van der Waals surface area contributed by atoms with Crippen LogP contribution in [0.15, 0.2) is 52.3 Å². The van der Waals surface area contributed by atoms with Gasteiger partial charge in [-0.1, -0.05) is 29.5 Å². The molecule has 0 bridgehead atoms. The van der Waals surface area contributed by atoms with Gasteiger partial charge in [-0.25, -0.2) is 0 Å². The van der Waals surface area contributed by atoms with E-state index in [1.807, 2.05) is 19.1 Å². The van der Waals surface area contributed by atoms with Gasteiger partial charge in [0.2, 0.25) is 0 Å². The number of nitrogens with zero attached hydrogens (tertiary/aromatic N) is 1. The lowest BCUT2D eigenvalue weighted by molar-refractivity contribution is 1.31. The zero-order valence-corrected chi connectivity index (χ0v) is 10.7. The van der Waals surface area contributed by atoms with Crippen molar-refractivity contribution in [2.75, 3.05) is 0 Å². The van der Waals surface area contributed by atoms with E-state index in [4.69, 9.17) is 5.26 Å². The molecule has 2 aromatic rings. The molecular formula is C15H13NS. The molecule has 0 heterocycles. The van der Waals surface area contributed by atoms with Crippen LogP contribution in [-0.2, 0) is 0 Å². The van der Waals surface area contributed by atoms with Crippen LogP contribution in [0, 0.1) is 25.2 Å². The summed E-state index contributed by atoms with van der Waals surface area (Å²) < 4.78 is 0. The second kappa shape index (κ2) is 5.07. The first kappa shape index (κ1) is 11.8. The van der Waals surface area contributed by atoms with Crippen molar-refractivity contribution in [2.45, 2.75) is 23.6 Å². The monoisotopic (exact) mass is 239 g/mol. The third-order valence-corrected chi connectivity index (χ3v) is 3.57. The summed E-state index contributed by atoms with van der Waals surface area (Å²) >= 11 is 1.72. The largest absolute Gasteiger partial charge is 0.192 e. The molecule has 0 amide bonds. The fourth-order valence-electron chi connectivity index (χ4n) is 1.57. The molecule has 0 aromatic heterocycles. The highest BCUT2D eigenvalue weighted by atomic mass is 32.2. The van der Waals surface area contributed by atoms with Gasteiger partial charge in [0, 0.05) is 9.79 Å². The summed E-state index contributed by atoms with van der Waals surface area (Å²) in [6.07, 6.45) is 0. The Hall–Kier alpha value is -1.72. The summed E-state index contributed by atoms with van der Waals surface area (Å²) in [4.78, 5) is 2.39. The molecule has 0 fully saturated rings. The SMILES string of the molecule is Cc1ccc(Sc2ccc(C#N)c(C)c2)cc1. The lowest BCUT2D eigenvalue weighted by Gasteiger charge is -2.04. The predicted octanol–water partition coefficient (Wildman–Crippen LogP) is 4.33. The lowest BCUT2D eigenvalue weighted by Crippen LogP contribution is -1.82. The van der Waals surface area contributed by atoms with E-state index < -0.39 is 0 Å². The van der Waals surface area contributed by atoms with Gasteiger partial charge in [0.05, 0.1) is 11.6 Å². The Bertz CT molecular complexity index is 564. The summed E-state index contributed by atoms with van der Waals surface area (Å²) in [5.41, 5.74) is 3.05. The van der Waals surface area contributed by atoms with Crippen LogP contribution in [-0.4, -0.2) is 0 Å². The Morgan fingerprint density at radius 2 is 1.59 bits per heavy atom. The fourth-order valence-corrected chi connectivity index (χ4v) is 2.48. The molecule has 0 spiro atoms. The minimum atomic E-state index is 0.748. The smallest absolute Gasteiger partial charge is 0.0994 e. The summed E-state index contributed by atoms with van der Waals surface area (Å²) in [5, 5.41) is 8.87. The van der Waals surface area contributed by atoms with E-state index in [2.05, 4.69) is 43.3 Å². The van der Waals surface area contributed by atoms with E-state index in [1.165, 1.54) is 15.4 Å². The van der Waals surface area contributed by atoms with E-state index in [0.29, 0.717) is 0 Å². The summed E-state index contributed by atoms with van der Waals surface area (Å²) in [7, 11) is 0. The maximum Gasteiger partial charge on any atom is 0.0994 e. The number of benzene rings is 2. The van der Waals surface area contributed by atoms with E-state index in [9.17, 15) is 0 Å². The lowest BCUT2D eigenvalue weighted by atomic mass is 10.1. The minimum Gasteiger partial charge on any atom is -0.192 e. The third-order valence-electron chi connectivity index (χ3n) is 2.58. The van der Waals surface area contributed by atoms with Crippen molar-refractivity contribution in [1.82, 2.24) is 0 Å². The van der Waals surface area contributed by atoms with Gasteiger partial charge < -0.3 is 0 Å². The van der Waals surface area contributed by atoms with Crippen LogP contribution in [0.2, 0.25) is 0 Å². The maximum atomic E-state index is 8.87. The minimum absolute atomic E-state index is 0.748. The zero-order valence-electron chi connectivity index (χ0n) is 9.90. The van der Waals surface area contributed by atoms with Gasteiger partial charge >= 0.3 is 0 Å². The van der Waals surface area contributed by atoms with Gasteiger partial charge in [-0.15, -0.1) is 0 Å². The number of hydrogen-bond donors (Lipinski definition) is 0. The second-order valence-electron chi connectivity index (χ2n) is 4.00. The molecule has 0 N–H and O–H groups in total. The van der Waals surface area contributed by atoms with Gasteiger partial charge in [-0.05, 0) is 49.7 Å². The van der Waals surface area contributed by atoms with E-state index in [-0.39, 0.29) is 0 Å². The normalized spacial score (nSPS) is 9.94. The molecule has 2 rings (SSSR count). The Labute approximate surface area is 106 Å². The van der Waals surface area contributed by atoms with Gasteiger partial charge in [-0.3, -0.25) is 0 Å². The quantitative estimate of drug-likeness (QED) is 0.779. The fraction of sp³-hybridized carbons (Fsp3) is 0.133. The molecule has 2 heteroatoms. The highest BCUT2D eigenvalue weighted by Gasteiger charge is 2.01. The molecule has 17 heavy (non-hydrogen) atoms. The molecule has 0 atom stereocenters. The zero-order chi connectivity index (χ0) is 12.3. The van der Waals surface area contributed by atoms with Crippen LogP contribution in [0.4, 0.5) is 0 Å². The van der Waals surface area contributed by atoms with Crippen molar-refractivity contribution in [2.24, 2.45) is 0 Å². The van der Waals surface area contributed by atoms with Gasteiger partial charge in [0.25, 0.3) is 0 Å². The summed E-state index contributed by atoms with van der Waals surface area (Å²) in [6, 6.07) is 16.6. The second-order valence-corrected chi connectivity index (χ2v) is 5.15. The molecule has 0 saturated carbocycles. The molecule has 0 aliphatic rings. The Balaban J connectivity index is 2.22. The van der Waals surface area contributed by atoms with Crippen molar-refractivity contribution < 1.29 is 0 Å². The van der Waals surface area contributed by atoms with Crippen molar-refractivity contribution in [1.29, 1.82) is 5.26 Å². The first-order valence-electron chi connectivity index (χ1n) is 5.44. The molecule has 0 aliphatic carbocycles. The average molecular weight is 239 g/mol. The highest BCUT2D eigenvalue weighted by Crippen LogP contribution is 2.29. The summed E-state index contributed by atoms with van der Waals surface area (Å²) in [5.74, 6) is 0. The van der Waals surface area contributed by atoms with Crippen LogP contribution < -0.4 is 0 Å². The number of rotatable bonds is 2. The standard InChI is InChI=1S/C15H13NS/c1-11-3-6-14(7-4-11)17-15-8-5-13(10-16)12(2)9-15/h3-9H,1-2H3. The van der Waals surface area contributed by atoms with Gasteiger partial charge in [0.15, 0.2) is 0 Å². The van der Waals surface area contributed by atoms with Crippen LogP contribution >= 0.6 is 11.8 Å². The molecule has 1 nitrogen and oxygen atoms in total. The number of aryl methyl sites for hydroxylation is 2. The molecule has 0 aliphatic heterocycles. The van der Waals surface area contributed by atoms with E-state index >= 15 is 0 Å². The van der Waals surface area contributed by atoms with Crippen molar-refractivity contribution in [3.05, 3.63) is 59.2 Å². The van der Waals surface area contributed by atoms with E-state index in [0.717, 1.165) is 11.1 Å². The van der Waals surface area contributed by atoms with Crippen molar-refractivity contribution in [3.63, 3.8) is 0 Å². The van der Waals surface area contributed by atoms with Crippen LogP contribution in [0.3, 0.4) is 0 Å². The third kappa shape index (κ3) is 2.89. The number of nitriles is 1. The molecule has 0 radical (unpaired) electrons. The molecular weight excluding hydrogens is 226 g/mol. The van der Waals surface area contributed by atoms with Crippen LogP contribution in [0.1, 0.15) is 16.7 Å². The molecule has 84 valence electrons. The average Bonchev–Trinajstić information content (AvgIpc) is 2.32. The van der Waals surface area contributed by atoms with Crippen LogP contribution in [0.5, 0.6) is 0 Å².